The minimum absolute atomic E-state index is 0.128. The Labute approximate surface area is 162 Å². The minimum atomic E-state index is -1.21. The van der Waals surface area contributed by atoms with Crippen LogP contribution in [-0.2, 0) is 9.53 Å². The molecule has 0 aliphatic carbocycles. The van der Waals surface area contributed by atoms with Crippen LogP contribution in [0.3, 0.4) is 0 Å². The van der Waals surface area contributed by atoms with Crippen LogP contribution < -0.4 is 5.73 Å². The fourth-order valence-electron chi connectivity index (χ4n) is 2.32. The van der Waals surface area contributed by atoms with Gasteiger partial charge in [-0.3, -0.25) is 4.79 Å². The third kappa shape index (κ3) is 3.60. The number of nitrogens with two attached hydrogens (primary N) is 1. The number of halogens is 3. The maximum absolute atomic E-state index is 12.5. The maximum atomic E-state index is 12.5. The van der Waals surface area contributed by atoms with Crippen LogP contribution in [0, 0.1) is 0 Å². The standard InChI is InChI=1S/C17H10Cl3NO3S/c18-9-6-10(19)12-11(7-9)25-15(13(12)20)17(23)24-14(16(21)22)8-4-2-1-3-5-8/h1-7,14H,(H2,21,22). The topological polar surface area (TPSA) is 69.4 Å². The van der Waals surface area contributed by atoms with Gasteiger partial charge in [0, 0.05) is 20.7 Å². The number of primary amides is 1. The van der Waals surface area contributed by atoms with Gasteiger partial charge in [0.2, 0.25) is 6.10 Å². The number of hydrogen-bond acceptors (Lipinski definition) is 4. The van der Waals surface area contributed by atoms with Crippen LogP contribution in [0.25, 0.3) is 10.1 Å². The lowest BCUT2D eigenvalue weighted by Crippen LogP contribution is -2.26. The number of fused-ring (bicyclic) bond motifs is 1. The summed E-state index contributed by atoms with van der Waals surface area (Å²) >= 11 is 19.5. The fraction of sp³-hybridized carbons (Fsp3) is 0.0588. The first-order chi connectivity index (χ1) is 11.9. The summed E-state index contributed by atoms with van der Waals surface area (Å²) in [6.07, 6.45) is -1.21. The molecule has 2 N–H and O–H groups in total. The van der Waals surface area contributed by atoms with Gasteiger partial charge in [-0.15, -0.1) is 11.3 Å². The molecule has 0 saturated carbocycles. The molecule has 0 fully saturated rings. The Hall–Kier alpha value is -1.79. The second kappa shape index (κ2) is 7.22. The normalized spacial score (nSPS) is 12.1. The Kier molecular flexibility index (Phi) is 5.20. The molecule has 0 spiro atoms. The predicted octanol–water partition coefficient (Wildman–Crippen LogP) is 5.24. The lowest BCUT2D eigenvalue weighted by atomic mass is 10.1. The van der Waals surface area contributed by atoms with Gasteiger partial charge in [0.05, 0.1) is 10.0 Å². The van der Waals surface area contributed by atoms with E-state index in [0.29, 0.717) is 25.7 Å². The van der Waals surface area contributed by atoms with Gasteiger partial charge < -0.3 is 10.5 Å². The van der Waals surface area contributed by atoms with Crippen LogP contribution in [0.2, 0.25) is 15.1 Å². The van der Waals surface area contributed by atoms with E-state index >= 15 is 0 Å². The largest absolute Gasteiger partial charge is 0.443 e. The summed E-state index contributed by atoms with van der Waals surface area (Å²) in [5, 5.41) is 1.43. The molecule has 128 valence electrons. The van der Waals surface area contributed by atoms with Crippen LogP contribution in [0.1, 0.15) is 21.3 Å². The Morgan fingerprint density at radius 2 is 1.76 bits per heavy atom. The molecule has 8 heteroatoms. The zero-order valence-electron chi connectivity index (χ0n) is 12.5. The average molecular weight is 415 g/mol. The van der Waals surface area contributed by atoms with Gasteiger partial charge >= 0.3 is 5.97 Å². The summed E-state index contributed by atoms with van der Waals surface area (Å²) in [7, 11) is 0. The molecule has 1 heterocycles. The van der Waals surface area contributed by atoms with E-state index in [1.807, 2.05) is 0 Å². The van der Waals surface area contributed by atoms with Crippen molar-refractivity contribution in [2.45, 2.75) is 6.10 Å². The Morgan fingerprint density at radius 1 is 1.08 bits per heavy atom. The molecule has 25 heavy (non-hydrogen) atoms. The second-order valence-electron chi connectivity index (χ2n) is 5.10. The van der Waals surface area contributed by atoms with Crippen molar-refractivity contribution in [3.05, 3.63) is 68.0 Å². The summed E-state index contributed by atoms with van der Waals surface area (Å²) in [5.41, 5.74) is 5.84. The van der Waals surface area contributed by atoms with Crippen molar-refractivity contribution in [3.8, 4) is 0 Å². The molecule has 1 unspecified atom stereocenters. The molecule has 2 aromatic carbocycles. The minimum Gasteiger partial charge on any atom is -0.443 e. The van der Waals surface area contributed by atoms with Crippen molar-refractivity contribution in [2.75, 3.05) is 0 Å². The number of benzene rings is 2. The molecule has 1 amide bonds. The first kappa shape index (κ1) is 18.0. The van der Waals surface area contributed by atoms with Crippen molar-refractivity contribution in [1.82, 2.24) is 0 Å². The summed E-state index contributed by atoms with van der Waals surface area (Å²) in [6.45, 7) is 0. The van der Waals surface area contributed by atoms with Crippen molar-refractivity contribution >= 4 is 68.1 Å². The highest BCUT2D eigenvalue weighted by Gasteiger charge is 2.27. The Morgan fingerprint density at radius 3 is 2.40 bits per heavy atom. The predicted molar refractivity (Wildman–Crippen MR) is 101 cm³/mol. The third-order valence-corrected chi connectivity index (χ3v) is 5.54. The SMILES string of the molecule is NC(=O)C(OC(=O)c1sc2cc(Cl)cc(Cl)c2c1Cl)c1ccccc1. The molecular formula is C17H10Cl3NO3S. The van der Waals surface area contributed by atoms with Crippen LogP contribution in [0.4, 0.5) is 0 Å². The van der Waals surface area contributed by atoms with Crippen molar-refractivity contribution < 1.29 is 14.3 Å². The molecule has 0 radical (unpaired) electrons. The first-order valence-electron chi connectivity index (χ1n) is 7.00. The second-order valence-corrected chi connectivity index (χ2v) is 7.38. The van der Waals surface area contributed by atoms with Gasteiger partial charge in [0.1, 0.15) is 4.88 Å². The Balaban J connectivity index is 1.98. The van der Waals surface area contributed by atoms with E-state index in [2.05, 4.69) is 0 Å². The summed E-state index contributed by atoms with van der Waals surface area (Å²) in [4.78, 5) is 24.4. The van der Waals surface area contributed by atoms with E-state index in [0.717, 1.165) is 11.3 Å². The number of amides is 1. The summed E-state index contributed by atoms with van der Waals surface area (Å²) in [5.74, 6) is -1.54. The highest BCUT2D eigenvalue weighted by molar-refractivity contribution is 7.21. The van der Waals surface area contributed by atoms with Gasteiger partial charge in [-0.2, -0.15) is 0 Å². The molecule has 3 rings (SSSR count). The third-order valence-electron chi connectivity index (χ3n) is 3.42. The maximum Gasteiger partial charge on any atom is 0.351 e. The van der Waals surface area contributed by atoms with Crippen LogP contribution in [-0.4, -0.2) is 11.9 Å². The molecule has 1 atom stereocenters. The van der Waals surface area contributed by atoms with Gasteiger partial charge in [0.25, 0.3) is 5.91 Å². The number of rotatable bonds is 4. The highest BCUT2D eigenvalue weighted by atomic mass is 35.5. The van der Waals surface area contributed by atoms with Crippen molar-refractivity contribution in [2.24, 2.45) is 5.73 Å². The molecule has 1 aromatic heterocycles. The number of hydrogen-bond donors (Lipinski definition) is 1. The van der Waals surface area contributed by atoms with E-state index < -0.39 is 18.0 Å². The number of carbonyl (C=O) groups excluding carboxylic acids is 2. The number of carbonyl (C=O) groups is 2. The first-order valence-corrected chi connectivity index (χ1v) is 8.96. The van der Waals surface area contributed by atoms with Gasteiger partial charge in [-0.05, 0) is 12.1 Å². The van der Waals surface area contributed by atoms with E-state index in [9.17, 15) is 9.59 Å². The monoisotopic (exact) mass is 413 g/mol. The zero-order chi connectivity index (χ0) is 18.1. The fourth-order valence-corrected chi connectivity index (χ4v) is 4.57. The highest BCUT2D eigenvalue weighted by Crippen LogP contribution is 2.41. The molecule has 0 saturated heterocycles. The van der Waals surface area contributed by atoms with Crippen molar-refractivity contribution in [3.63, 3.8) is 0 Å². The van der Waals surface area contributed by atoms with Crippen LogP contribution >= 0.6 is 46.1 Å². The van der Waals surface area contributed by atoms with E-state index in [1.54, 1.807) is 36.4 Å². The average Bonchev–Trinajstić information content (AvgIpc) is 2.89. The van der Waals surface area contributed by atoms with Gasteiger partial charge in [0.15, 0.2) is 0 Å². The number of thiophene rings is 1. The lowest BCUT2D eigenvalue weighted by Gasteiger charge is -2.14. The quantitative estimate of drug-likeness (QED) is 0.593. The molecule has 4 nitrogen and oxygen atoms in total. The lowest BCUT2D eigenvalue weighted by molar-refractivity contribution is -0.127. The molecular weight excluding hydrogens is 405 g/mol. The van der Waals surface area contributed by atoms with Gasteiger partial charge in [-0.1, -0.05) is 65.1 Å². The van der Waals surface area contributed by atoms with E-state index in [4.69, 9.17) is 45.3 Å². The van der Waals surface area contributed by atoms with E-state index in [-0.39, 0.29) is 9.90 Å². The van der Waals surface area contributed by atoms with Crippen LogP contribution in [0.15, 0.2) is 42.5 Å². The molecule has 0 bridgehead atoms. The Bertz CT molecular complexity index is 972. The van der Waals surface area contributed by atoms with Gasteiger partial charge in [-0.25, -0.2) is 4.79 Å². The van der Waals surface area contributed by atoms with E-state index in [1.165, 1.54) is 6.07 Å². The molecule has 0 aliphatic heterocycles. The van der Waals surface area contributed by atoms with Crippen molar-refractivity contribution in [1.29, 1.82) is 0 Å². The molecule has 0 aliphatic rings. The summed E-state index contributed by atoms with van der Waals surface area (Å²) in [6, 6.07) is 11.7. The van der Waals surface area contributed by atoms with Crippen LogP contribution in [0.5, 0.6) is 0 Å². The number of esters is 1. The number of ether oxygens (including phenoxy) is 1. The molecule has 3 aromatic rings. The summed E-state index contributed by atoms with van der Waals surface area (Å²) < 4.78 is 5.94. The zero-order valence-corrected chi connectivity index (χ0v) is 15.5. The smallest absolute Gasteiger partial charge is 0.351 e.